The second-order valence-corrected chi connectivity index (χ2v) is 8.18. The molecule has 0 unspecified atom stereocenters. The maximum Gasteiger partial charge on any atom is 0.417 e. The van der Waals surface area contributed by atoms with Crippen LogP contribution in [0.15, 0.2) is 97.1 Å². The first-order valence-corrected chi connectivity index (χ1v) is 11.3. The van der Waals surface area contributed by atoms with E-state index in [1.807, 2.05) is 48.5 Å². The number of carbonyl (C=O) groups is 1. The smallest absolute Gasteiger partial charge is 0.417 e. The molecule has 0 spiro atoms. The number of carbonyl (C=O) groups excluding carboxylic acids is 1. The molecule has 174 valence electrons. The highest BCUT2D eigenvalue weighted by Crippen LogP contribution is 2.47. The van der Waals surface area contributed by atoms with Crippen molar-refractivity contribution in [1.82, 2.24) is 0 Å². The van der Waals surface area contributed by atoms with Crippen LogP contribution in [-0.2, 0) is 10.9 Å². The topological polar surface area (TPSA) is 26.3 Å². The van der Waals surface area contributed by atoms with Crippen molar-refractivity contribution >= 4 is 27.5 Å². The van der Waals surface area contributed by atoms with Gasteiger partial charge in [-0.25, -0.2) is 4.79 Å². The molecule has 2 nitrogen and oxygen atoms in total. The Morgan fingerprint density at radius 2 is 1.20 bits per heavy atom. The number of esters is 1. The Balaban J connectivity index is 1.90. The third kappa shape index (κ3) is 4.03. The van der Waals surface area contributed by atoms with E-state index in [-0.39, 0.29) is 12.2 Å². The number of hydrogen-bond donors (Lipinski definition) is 0. The summed E-state index contributed by atoms with van der Waals surface area (Å²) in [5.74, 6) is -0.440. The molecular formula is C30H21F3O2. The zero-order valence-corrected chi connectivity index (χ0v) is 18.9. The molecule has 0 N–H and O–H groups in total. The average Bonchev–Trinajstić information content (AvgIpc) is 2.87. The lowest BCUT2D eigenvalue weighted by atomic mass is 9.83. The maximum absolute atomic E-state index is 14.1. The molecule has 0 radical (unpaired) electrons. The van der Waals surface area contributed by atoms with Crippen LogP contribution in [0.2, 0.25) is 0 Å². The number of fused-ring (bicyclic) bond motifs is 3. The minimum absolute atomic E-state index is 0.117. The highest BCUT2D eigenvalue weighted by atomic mass is 19.4. The molecule has 35 heavy (non-hydrogen) atoms. The first-order chi connectivity index (χ1) is 16.9. The third-order valence-electron chi connectivity index (χ3n) is 6.12. The van der Waals surface area contributed by atoms with Gasteiger partial charge in [0.2, 0.25) is 0 Å². The van der Waals surface area contributed by atoms with Crippen LogP contribution in [0.1, 0.15) is 22.8 Å². The van der Waals surface area contributed by atoms with E-state index < -0.39 is 17.7 Å². The van der Waals surface area contributed by atoms with Gasteiger partial charge in [-0.1, -0.05) is 78.9 Å². The summed E-state index contributed by atoms with van der Waals surface area (Å²) in [6.07, 6.45) is -4.52. The molecule has 5 rings (SSSR count). The van der Waals surface area contributed by atoms with Gasteiger partial charge in [0.1, 0.15) is 0 Å². The van der Waals surface area contributed by atoms with E-state index >= 15 is 0 Å². The van der Waals surface area contributed by atoms with Crippen molar-refractivity contribution in [3.8, 4) is 22.3 Å². The van der Waals surface area contributed by atoms with Crippen molar-refractivity contribution in [1.29, 1.82) is 0 Å². The summed E-state index contributed by atoms with van der Waals surface area (Å²) in [6.45, 7) is 1.99. The summed E-state index contributed by atoms with van der Waals surface area (Å²) in [5, 5.41) is 3.39. The maximum atomic E-state index is 14.1. The van der Waals surface area contributed by atoms with E-state index in [0.29, 0.717) is 22.3 Å². The largest absolute Gasteiger partial charge is 0.462 e. The normalized spacial score (nSPS) is 11.7. The van der Waals surface area contributed by atoms with Crippen molar-refractivity contribution in [2.24, 2.45) is 0 Å². The van der Waals surface area contributed by atoms with E-state index in [4.69, 9.17) is 4.74 Å². The SMILES string of the molecule is CCOC(=O)c1ccc(-c2c(-c3ccccc3C(F)(F)F)c3ccccc3c3ccccc23)cc1. The summed E-state index contributed by atoms with van der Waals surface area (Å²) in [5.41, 5.74) is 1.73. The number of hydrogen-bond acceptors (Lipinski definition) is 2. The van der Waals surface area contributed by atoms with E-state index in [2.05, 4.69) is 0 Å². The molecule has 0 bridgehead atoms. The van der Waals surface area contributed by atoms with E-state index in [1.165, 1.54) is 12.1 Å². The minimum Gasteiger partial charge on any atom is -0.462 e. The molecule has 0 aromatic heterocycles. The fourth-order valence-electron chi connectivity index (χ4n) is 4.66. The zero-order chi connectivity index (χ0) is 24.6. The summed E-state index contributed by atoms with van der Waals surface area (Å²) in [6, 6.07) is 27.7. The fraction of sp³-hybridized carbons (Fsp3) is 0.100. The summed E-state index contributed by atoms with van der Waals surface area (Å²) in [4.78, 5) is 12.2. The first-order valence-electron chi connectivity index (χ1n) is 11.3. The molecule has 0 aliphatic rings. The molecule has 0 aliphatic carbocycles. The van der Waals surface area contributed by atoms with Gasteiger partial charge in [0, 0.05) is 0 Å². The molecule has 5 aromatic rings. The standard InChI is InChI=1S/C30H21F3O2/c1-2-35-29(34)20-17-15-19(16-18-20)27-23-11-5-3-9-21(23)22-10-4-6-12-24(22)28(27)25-13-7-8-14-26(25)30(31,32)33/h3-18H,2H2,1H3. The molecule has 0 aliphatic heterocycles. The quantitative estimate of drug-likeness (QED) is 0.194. The Morgan fingerprint density at radius 3 is 1.77 bits per heavy atom. The molecule has 0 atom stereocenters. The molecule has 5 aromatic carbocycles. The Labute approximate surface area is 200 Å². The predicted molar refractivity (Wildman–Crippen MR) is 133 cm³/mol. The van der Waals surface area contributed by atoms with Gasteiger partial charge in [-0.3, -0.25) is 0 Å². The van der Waals surface area contributed by atoms with Gasteiger partial charge in [0.25, 0.3) is 0 Å². The summed E-state index contributed by atoms with van der Waals surface area (Å²) >= 11 is 0. The van der Waals surface area contributed by atoms with Crippen molar-refractivity contribution in [3.05, 3.63) is 108 Å². The van der Waals surface area contributed by atoms with Gasteiger partial charge in [0.05, 0.1) is 17.7 Å². The Morgan fingerprint density at radius 1 is 0.686 bits per heavy atom. The van der Waals surface area contributed by atoms with Gasteiger partial charge >= 0.3 is 12.1 Å². The van der Waals surface area contributed by atoms with Crippen molar-refractivity contribution in [2.45, 2.75) is 13.1 Å². The predicted octanol–water partition coefficient (Wildman–Crippen LogP) is 8.52. The molecular weight excluding hydrogens is 449 g/mol. The van der Waals surface area contributed by atoms with E-state index in [9.17, 15) is 18.0 Å². The lowest BCUT2D eigenvalue weighted by Gasteiger charge is -2.21. The molecule has 0 saturated heterocycles. The molecule has 0 amide bonds. The highest BCUT2D eigenvalue weighted by Gasteiger charge is 2.34. The minimum atomic E-state index is -4.52. The number of benzene rings is 5. The van der Waals surface area contributed by atoms with Crippen molar-refractivity contribution in [3.63, 3.8) is 0 Å². The van der Waals surface area contributed by atoms with Gasteiger partial charge in [-0.15, -0.1) is 0 Å². The van der Waals surface area contributed by atoms with Crippen LogP contribution >= 0.6 is 0 Å². The second kappa shape index (κ2) is 8.91. The van der Waals surface area contributed by atoms with Crippen LogP contribution in [0.5, 0.6) is 0 Å². The number of alkyl halides is 3. The van der Waals surface area contributed by atoms with Gasteiger partial charge in [-0.2, -0.15) is 13.2 Å². The molecule has 0 saturated carbocycles. The van der Waals surface area contributed by atoms with Crippen LogP contribution in [0.3, 0.4) is 0 Å². The van der Waals surface area contributed by atoms with Crippen LogP contribution < -0.4 is 0 Å². The number of ether oxygens (including phenoxy) is 1. The van der Waals surface area contributed by atoms with Gasteiger partial charge in [-0.05, 0) is 68.9 Å². The lowest BCUT2D eigenvalue weighted by molar-refractivity contribution is -0.137. The highest BCUT2D eigenvalue weighted by molar-refractivity contribution is 6.21. The van der Waals surface area contributed by atoms with Crippen LogP contribution in [-0.4, -0.2) is 12.6 Å². The molecule has 5 heteroatoms. The molecule has 0 fully saturated rings. The van der Waals surface area contributed by atoms with Crippen LogP contribution in [0.25, 0.3) is 43.8 Å². The summed E-state index contributed by atoms with van der Waals surface area (Å²) < 4.78 is 47.5. The first kappa shape index (κ1) is 22.7. The van der Waals surface area contributed by atoms with Crippen LogP contribution in [0.4, 0.5) is 13.2 Å². The van der Waals surface area contributed by atoms with E-state index in [1.54, 1.807) is 37.3 Å². The number of rotatable bonds is 4. The monoisotopic (exact) mass is 470 g/mol. The lowest BCUT2D eigenvalue weighted by Crippen LogP contribution is -2.07. The number of halogens is 3. The van der Waals surface area contributed by atoms with E-state index in [0.717, 1.165) is 27.6 Å². The van der Waals surface area contributed by atoms with Crippen molar-refractivity contribution < 1.29 is 22.7 Å². The van der Waals surface area contributed by atoms with Crippen molar-refractivity contribution in [2.75, 3.05) is 6.61 Å². The Hall–Kier alpha value is -4.12. The van der Waals surface area contributed by atoms with Gasteiger partial charge < -0.3 is 4.74 Å². The average molecular weight is 470 g/mol. The van der Waals surface area contributed by atoms with Gasteiger partial charge in [0.15, 0.2) is 0 Å². The third-order valence-corrected chi connectivity index (χ3v) is 6.12. The second-order valence-electron chi connectivity index (χ2n) is 8.18. The fourth-order valence-corrected chi connectivity index (χ4v) is 4.66. The molecule has 0 heterocycles. The van der Waals surface area contributed by atoms with Crippen LogP contribution in [0, 0.1) is 0 Å². The Kier molecular flexibility index (Phi) is 5.77. The summed E-state index contributed by atoms with van der Waals surface area (Å²) in [7, 11) is 0. The Bertz CT molecular complexity index is 1550. The zero-order valence-electron chi connectivity index (χ0n) is 18.9.